The molecule has 1 aliphatic rings. The van der Waals surface area contributed by atoms with Crippen LogP contribution in [0.4, 0.5) is 0 Å². The monoisotopic (exact) mass is 264 g/mol. The van der Waals surface area contributed by atoms with Gasteiger partial charge in [0.25, 0.3) is 0 Å². The van der Waals surface area contributed by atoms with Gasteiger partial charge in [-0.3, -0.25) is 4.79 Å². The number of carbonyl (C=O) groups is 1. The third-order valence-corrected chi connectivity index (χ3v) is 3.89. The van der Waals surface area contributed by atoms with Crippen molar-refractivity contribution in [2.24, 2.45) is 11.3 Å². The third kappa shape index (κ3) is 3.16. The molecule has 1 aliphatic carbocycles. The molecule has 0 spiro atoms. The van der Waals surface area contributed by atoms with Crippen LogP contribution in [0.1, 0.15) is 33.6 Å². The van der Waals surface area contributed by atoms with Gasteiger partial charge in [0.05, 0.1) is 12.7 Å². The molecule has 0 fully saturated rings. The molecule has 1 unspecified atom stereocenters. The lowest BCUT2D eigenvalue weighted by molar-refractivity contribution is -0.164. The molecule has 0 aromatic heterocycles. The smallest absolute Gasteiger partial charge is 0.315 e. The van der Waals surface area contributed by atoms with Crippen LogP contribution in [-0.2, 0) is 9.53 Å². The van der Waals surface area contributed by atoms with E-state index >= 15 is 0 Å². The van der Waals surface area contributed by atoms with Crippen LogP contribution >= 0.6 is 0 Å². The fourth-order valence-electron chi connectivity index (χ4n) is 2.55. The van der Waals surface area contributed by atoms with E-state index in [0.717, 1.165) is 0 Å². The van der Waals surface area contributed by atoms with Crippen molar-refractivity contribution in [1.29, 1.82) is 0 Å². The Hall–Kier alpha value is -1.35. The molecule has 0 heterocycles. The molecule has 3 heteroatoms. The summed E-state index contributed by atoms with van der Waals surface area (Å²) < 4.78 is 4.84. The largest absolute Gasteiger partial charge is 0.468 e. The predicted molar refractivity (Wildman–Crippen MR) is 76.6 cm³/mol. The normalized spacial score (nSPS) is 32.3. The minimum absolute atomic E-state index is 0.174. The third-order valence-electron chi connectivity index (χ3n) is 3.89. The number of rotatable bonds is 5. The van der Waals surface area contributed by atoms with Crippen LogP contribution in [-0.4, -0.2) is 23.8 Å². The standard InChI is InChI=1S/C16H24O3/c1-5-6-7-9-13(2)12-16(18)11-8-10-15(16,3)14(17)19-4/h5-9,11,13,18H,10,12H2,1-4H3/b6-5+,9-7-/t13-,15-,16?/m1/s1. The second-order valence-electron chi connectivity index (χ2n) is 5.45. The Labute approximate surface area is 115 Å². The van der Waals surface area contributed by atoms with E-state index in [1.54, 1.807) is 13.0 Å². The van der Waals surface area contributed by atoms with Gasteiger partial charge in [-0.1, -0.05) is 43.4 Å². The van der Waals surface area contributed by atoms with E-state index in [1.807, 2.05) is 44.2 Å². The number of hydrogen-bond acceptors (Lipinski definition) is 3. The zero-order valence-electron chi connectivity index (χ0n) is 12.2. The molecule has 0 saturated heterocycles. The lowest BCUT2D eigenvalue weighted by Gasteiger charge is -2.38. The number of esters is 1. The summed E-state index contributed by atoms with van der Waals surface area (Å²) in [6, 6.07) is 0. The quantitative estimate of drug-likeness (QED) is 0.471. The highest BCUT2D eigenvalue weighted by molar-refractivity contribution is 5.79. The Bertz CT molecular complexity index is 408. The Kier molecular flexibility index (Phi) is 5.12. The van der Waals surface area contributed by atoms with Gasteiger partial charge in [0, 0.05) is 0 Å². The molecule has 0 radical (unpaired) electrons. The highest BCUT2D eigenvalue weighted by Gasteiger charge is 2.53. The number of ether oxygens (including phenoxy) is 1. The van der Waals surface area contributed by atoms with Gasteiger partial charge in [0.2, 0.25) is 0 Å². The van der Waals surface area contributed by atoms with Gasteiger partial charge in [0.1, 0.15) is 5.41 Å². The number of aliphatic hydroxyl groups is 1. The summed E-state index contributed by atoms with van der Waals surface area (Å²) in [5, 5.41) is 10.8. The van der Waals surface area contributed by atoms with Crippen molar-refractivity contribution in [1.82, 2.24) is 0 Å². The molecule has 1 N–H and O–H groups in total. The minimum Gasteiger partial charge on any atom is -0.468 e. The molecule has 0 amide bonds. The van der Waals surface area contributed by atoms with Crippen LogP contribution in [0.15, 0.2) is 36.5 Å². The van der Waals surface area contributed by atoms with E-state index in [4.69, 9.17) is 4.74 Å². The zero-order valence-corrected chi connectivity index (χ0v) is 12.2. The summed E-state index contributed by atoms with van der Waals surface area (Å²) in [7, 11) is 1.36. The minimum atomic E-state index is -1.14. The van der Waals surface area contributed by atoms with E-state index in [1.165, 1.54) is 7.11 Å². The average molecular weight is 264 g/mol. The van der Waals surface area contributed by atoms with Crippen LogP contribution in [0.2, 0.25) is 0 Å². The van der Waals surface area contributed by atoms with Crippen molar-refractivity contribution >= 4 is 5.97 Å². The lowest BCUT2D eigenvalue weighted by Crippen LogP contribution is -2.48. The highest BCUT2D eigenvalue weighted by atomic mass is 16.5. The maximum Gasteiger partial charge on any atom is 0.315 e. The van der Waals surface area contributed by atoms with E-state index in [9.17, 15) is 9.90 Å². The Morgan fingerprint density at radius 2 is 2.21 bits per heavy atom. The maximum atomic E-state index is 11.9. The van der Waals surface area contributed by atoms with E-state index < -0.39 is 11.0 Å². The first-order valence-corrected chi connectivity index (χ1v) is 6.67. The van der Waals surface area contributed by atoms with Crippen LogP contribution in [0.25, 0.3) is 0 Å². The second kappa shape index (κ2) is 6.20. The topological polar surface area (TPSA) is 46.5 Å². The molecule has 0 aromatic carbocycles. The van der Waals surface area contributed by atoms with Gasteiger partial charge >= 0.3 is 5.97 Å². The van der Waals surface area contributed by atoms with Gasteiger partial charge < -0.3 is 9.84 Å². The first kappa shape index (κ1) is 15.7. The molecule has 3 atom stereocenters. The van der Waals surface area contributed by atoms with Crippen LogP contribution in [0.3, 0.4) is 0 Å². The van der Waals surface area contributed by atoms with Crippen molar-refractivity contribution in [3.8, 4) is 0 Å². The van der Waals surface area contributed by atoms with Gasteiger partial charge in [-0.05, 0) is 32.6 Å². The summed E-state index contributed by atoms with van der Waals surface area (Å²) in [5.74, 6) is -0.183. The Balaban J connectivity index is 2.84. The fraction of sp³-hybridized carbons (Fsp3) is 0.562. The first-order valence-electron chi connectivity index (χ1n) is 6.67. The number of carbonyl (C=O) groups excluding carboxylic acids is 1. The highest BCUT2D eigenvalue weighted by Crippen LogP contribution is 2.46. The summed E-state index contributed by atoms with van der Waals surface area (Å²) in [5.41, 5.74) is -2.02. The molecule has 1 rings (SSSR count). The van der Waals surface area contributed by atoms with Gasteiger partial charge in [0.15, 0.2) is 0 Å². The van der Waals surface area contributed by atoms with Crippen molar-refractivity contribution in [2.45, 2.75) is 39.2 Å². The number of allylic oxidation sites excluding steroid dienone is 5. The maximum absolute atomic E-state index is 11.9. The molecule has 106 valence electrons. The van der Waals surface area contributed by atoms with Crippen LogP contribution in [0, 0.1) is 11.3 Å². The first-order chi connectivity index (χ1) is 8.89. The molecule has 3 nitrogen and oxygen atoms in total. The fourth-order valence-corrected chi connectivity index (χ4v) is 2.55. The van der Waals surface area contributed by atoms with Crippen molar-refractivity contribution in [2.75, 3.05) is 7.11 Å². The molecule has 0 saturated carbocycles. The molecule has 0 bridgehead atoms. The summed E-state index contributed by atoms with van der Waals surface area (Å²) in [6.45, 7) is 5.75. The number of methoxy groups -OCH3 is 1. The van der Waals surface area contributed by atoms with Crippen molar-refractivity contribution in [3.63, 3.8) is 0 Å². The Morgan fingerprint density at radius 1 is 1.53 bits per heavy atom. The molecular weight excluding hydrogens is 240 g/mol. The van der Waals surface area contributed by atoms with Crippen molar-refractivity contribution < 1.29 is 14.6 Å². The van der Waals surface area contributed by atoms with E-state index in [0.29, 0.717) is 12.8 Å². The van der Waals surface area contributed by atoms with E-state index in [2.05, 4.69) is 0 Å². The number of hydrogen-bond donors (Lipinski definition) is 1. The zero-order chi connectivity index (χ0) is 14.5. The van der Waals surface area contributed by atoms with Gasteiger partial charge in [-0.15, -0.1) is 0 Å². The van der Waals surface area contributed by atoms with Crippen LogP contribution in [0.5, 0.6) is 0 Å². The molecule has 0 aromatic rings. The SMILES string of the molecule is C/C=C/C=C\[C@@H](C)CC1(O)C=CC[C@]1(C)C(=O)OC. The second-order valence-corrected chi connectivity index (χ2v) is 5.45. The molecular formula is C16H24O3. The van der Waals surface area contributed by atoms with Gasteiger partial charge in [-0.25, -0.2) is 0 Å². The summed E-state index contributed by atoms with van der Waals surface area (Å²) in [4.78, 5) is 11.9. The summed E-state index contributed by atoms with van der Waals surface area (Å²) in [6.07, 6.45) is 12.5. The van der Waals surface area contributed by atoms with Gasteiger partial charge in [-0.2, -0.15) is 0 Å². The molecule has 0 aliphatic heterocycles. The average Bonchev–Trinajstić information content (AvgIpc) is 2.65. The van der Waals surface area contributed by atoms with Crippen molar-refractivity contribution in [3.05, 3.63) is 36.5 Å². The Morgan fingerprint density at radius 3 is 2.79 bits per heavy atom. The predicted octanol–water partition coefficient (Wildman–Crippen LogP) is 3.02. The van der Waals surface area contributed by atoms with Crippen LogP contribution < -0.4 is 0 Å². The van der Waals surface area contributed by atoms with E-state index in [-0.39, 0.29) is 11.9 Å². The lowest BCUT2D eigenvalue weighted by atomic mass is 9.71. The molecule has 19 heavy (non-hydrogen) atoms. The summed E-state index contributed by atoms with van der Waals surface area (Å²) >= 11 is 0.